The van der Waals surface area contributed by atoms with E-state index in [1.165, 1.54) is 30.3 Å². The molecular formula is C14H10F3NO3. The van der Waals surface area contributed by atoms with Crippen LogP contribution < -0.4 is 10.5 Å². The smallest absolute Gasteiger partial charge is 0.416 e. The zero-order valence-corrected chi connectivity index (χ0v) is 10.5. The molecule has 0 atom stereocenters. The molecule has 2 aromatic carbocycles. The second kappa shape index (κ2) is 5.35. The maximum atomic E-state index is 12.4. The van der Waals surface area contributed by atoms with Gasteiger partial charge >= 0.3 is 12.1 Å². The molecule has 2 rings (SSSR count). The summed E-state index contributed by atoms with van der Waals surface area (Å²) >= 11 is 0. The molecule has 21 heavy (non-hydrogen) atoms. The Morgan fingerprint density at radius 2 is 1.62 bits per heavy atom. The molecule has 0 radical (unpaired) electrons. The lowest BCUT2D eigenvalue weighted by Gasteiger charge is -2.10. The van der Waals surface area contributed by atoms with Gasteiger partial charge in [-0.05, 0) is 36.4 Å². The van der Waals surface area contributed by atoms with Gasteiger partial charge in [-0.25, -0.2) is 4.79 Å². The number of ether oxygens (including phenoxy) is 1. The summed E-state index contributed by atoms with van der Waals surface area (Å²) in [6.07, 6.45) is -4.41. The molecule has 0 aromatic heterocycles. The van der Waals surface area contributed by atoms with Gasteiger partial charge < -0.3 is 15.6 Å². The predicted octanol–water partition coefficient (Wildman–Crippen LogP) is 3.78. The predicted molar refractivity (Wildman–Crippen MR) is 69.3 cm³/mol. The summed E-state index contributed by atoms with van der Waals surface area (Å²) in [5.74, 6) is -0.753. The lowest BCUT2D eigenvalue weighted by atomic mass is 10.1. The molecule has 0 heterocycles. The van der Waals surface area contributed by atoms with Gasteiger partial charge in [-0.3, -0.25) is 0 Å². The van der Waals surface area contributed by atoms with Gasteiger partial charge in [0.15, 0.2) is 0 Å². The molecule has 0 fully saturated rings. The average molecular weight is 297 g/mol. The van der Waals surface area contributed by atoms with Crippen molar-refractivity contribution < 1.29 is 27.8 Å². The van der Waals surface area contributed by atoms with E-state index >= 15 is 0 Å². The molecule has 0 saturated heterocycles. The van der Waals surface area contributed by atoms with Crippen LogP contribution in [0.1, 0.15) is 15.9 Å². The number of rotatable bonds is 3. The summed E-state index contributed by atoms with van der Waals surface area (Å²) in [7, 11) is 0. The second-order valence-electron chi connectivity index (χ2n) is 4.18. The number of carboxylic acid groups (broad SMARTS) is 1. The first kappa shape index (κ1) is 14.7. The average Bonchev–Trinajstić information content (AvgIpc) is 2.38. The van der Waals surface area contributed by atoms with Gasteiger partial charge in [0.1, 0.15) is 11.5 Å². The summed E-state index contributed by atoms with van der Waals surface area (Å²) < 4.78 is 42.5. The van der Waals surface area contributed by atoms with Crippen molar-refractivity contribution in [1.29, 1.82) is 0 Å². The van der Waals surface area contributed by atoms with E-state index in [1.54, 1.807) is 0 Å². The van der Waals surface area contributed by atoms with Crippen LogP contribution in [0.25, 0.3) is 0 Å². The Kier molecular flexibility index (Phi) is 3.75. The highest BCUT2D eigenvalue weighted by atomic mass is 19.4. The molecule has 0 spiro atoms. The number of hydrogen-bond acceptors (Lipinski definition) is 3. The van der Waals surface area contributed by atoms with Crippen LogP contribution in [-0.4, -0.2) is 11.1 Å². The summed E-state index contributed by atoms with van der Waals surface area (Å²) in [6.45, 7) is 0. The monoisotopic (exact) mass is 297 g/mol. The lowest BCUT2D eigenvalue weighted by molar-refractivity contribution is -0.137. The highest BCUT2D eigenvalue weighted by Crippen LogP contribution is 2.31. The lowest BCUT2D eigenvalue weighted by Crippen LogP contribution is -2.04. The summed E-state index contributed by atoms with van der Waals surface area (Å²) in [5, 5.41) is 8.83. The molecule has 2 aromatic rings. The zero-order valence-electron chi connectivity index (χ0n) is 10.5. The van der Waals surface area contributed by atoms with Crippen LogP contribution in [0.15, 0.2) is 42.5 Å². The molecule has 0 unspecified atom stereocenters. The number of halogens is 3. The Hall–Kier alpha value is -2.70. The first-order valence-electron chi connectivity index (χ1n) is 5.75. The van der Waals surface area contributed by atoms with Crippen LogP contribution in [-0.2, 0) is 6.18 Å². The molecular weight excluding hydrogens is 287 g/mol. The highest BCUT2D eigenvalue weighted by Gasteiger charge is 2.30. The number of aromatic carboxylic acids is 1. The van der Waals surface area contributed by atoms with Gasteiger partial charge in [-0.2, -0.15) is 13.2 Å². The maximum absolute atomic E-state index is 12.4. The number of carbonyl (C=O) groups is 1. The summed E-state index contributed by atoms with van der Waals surface area (Å²) in [4.78, 5) is 10.8. The van der Waals surface area contributed by atoms with Crippen molar-refractivity contribution in [2.45, 2.75) is 6.18 Å². The number of benzene rings is 2. The van der Waals surface area contributed by atoms with E-state index in [0.29, 0.717) is 0 Å². The van der Waals surface area contributed by atoms with Crippen LogP contribution >= 0.6 is 0 Å². The summed E-state index contributed by atoms with van der Waals surface area (Å²) in [5.41, 5.74) is 4.70. The molecule has 3 N–H and O–H groups in total. The van der Waals surface area contributed by atoms with E-state index in [-0.39, 0.29) is 22.7 Å². The second-order valence-corrected chi connectivity index (χ2v) is 4.18. The number of carboxylic acids is 1. The SMILES string of the molecule is Nc1cc(Oc2ccc(C(F)(F)F)cc2)ccc1C(=O)O. The van der Waals surface area contributed by atoms with Crippen molar-refractivity contribution >= 4 is 11.7 Å². The van der Waals surface area contributed by atoms with Crippen molar-refractivity contribution in [3.63, 3.8) is 0 Å². The number of anilines is 1. The molecule has 0 bridgehead atoms. The van der Waals surface area contributed by atoms with Gasteiger partial charge in [-0.1, -0.05) is 0 Å². The fourth-order valence-electron chi connectivity index (χ4n) is 1.65. The molecule has 0 aliphatic rings. The van der Waals surface area contributed by atoms with Gasteiger partial charge in [0.25, 0.3) is 0 Å². The zero-order chi connectivity index (χ0) is 15.6. The van der Waals surface area contributed by atoms with Crippen LogP contribution in [0.3, 0.4) is 0 Å². The third-order valence-electron chi connectivity index (χ3n) is 2.67. The first-order valence-corrected chi connectivity index (χ1v) is 5.75. The van der Waals surface area contributed by atoms with E-state index < -0.39 is 17.7 Å². The van der Waals surface area contributed by atoms with Crippen LogP contribution in [0.5, 0.6) is 11.5 Å². The van der Waals surface area contributed by atoms with Gasteiger partial charge in [0.05, 0.1) is 11.1 Å². The van der Waals surface area contributed by atoms with Crippen LogP contribution in [0.4, 0.5) is 18.9 Å². The van der Waals surface area contributed by atoms with E-state index in [0.717, 1.165) is 12.1 Å². The topological polar surface area (TPSA) is 72.5 Å². The molecule has 0 aliphatic carbocycles. The first-order chi connectivity index (χ1) is 9.77. The Balaban J connectivity index is 2.19. The van der Waals surface area contributed by atoms with Crippen molar-refractivity contribution in [1.82, 2.24) is 0 Å². The third kappa shape index (κ3) is 3.44. The number of alkyl halides is 3. The largest absolute Gasteiger partial charge is 0.478 e. The Bertz CT molecular complexity index is 666. The third-order valence-corrected chi connectivity index (χ3v) is 2.67. The van der Waals surface area contributed by atoms with Gasteiger partial charge in [-0.15, -0.1) is 0 Å². The Labute approximate surface area is 117 Å². The molecule has 7 heteroatoms. The van der Waals surface area contributed by atoms with E-state index in [4.69, 9.17) is 15.6 Å². The fraction of sp³-hybridized carbons (Fsp3) is 0.0714. The van der Waals surface area contributed by atoms with Crippen LogP contribution in [0.2, 0.25) is 0 Å². The molecule has 110 valence electrons. The van der Waals surface area contributed by atoms with Crippen molar-refractivity contribution in [2.24, 2.45) is 0 Å². The standard InChI is InChI=1S/C14H10F3NO3/c15-14(16,17)8-1-3-9(4-2-8)21-10-5-6-11(13(19)20)12(18)7-10/h1-7H,18H2,(H,19,20). The molecule has 0 saturated carbocycles. The number of nitrogens with two attached hydrogens (primary N) is 1. The Morgan fingerprint density at radius 3 is 2.10 bits per heavy atom. The number of nitrogen functional groups attached to an aromatic ring is 1. The van der Waals surface area contributed by atoms with E-state index in [2.05, 4.69) is 0 Å². The number of hydrogen-bond donors (Lipinski definition) is 2. The molecule has 0 aliphatic heterocycles. The maximum Gasteiger partial charge on any atom is 0.416 e. The highest BCUT2D eigenvalue weighted by molar-refractivity contribution is 5.93. The van der Waals surface area contributed by atoms with Gasteiger partial charge in [0, 0.05) is 11.8 Å². The van der Waals surface area contributed by atoms with Crippen molar-refractivity contribution in [3.05, 3.63) is 53.6 Å². The minimum atomic E-state index is -4.41. The van der Waals surface area contributed by atoms with Gasteiger partial charge in [0.2, 0.25) is 0 Å². The quantitative estimate of drug-likeness (QED) is 0.846. The molecule has 0 amide bonds. The van der Waals surface area contributed by atoms with Crippen molar-refractivity contribution in [3.8, 4) is 11.5 Å². The van der Waals surface area contributed by atoms with Crippen LogP contribution in [0, 0.1) is 0 Å². The Morgan fingerprint density at radius 1 is 1.05 bits per heavy atom. The fourth-order valence-corrected chi connectivity index (χ4v) is 1.65. The van der Waals surface area contributed by atoms with Crippen molar-refractivity contribution in [2.75, 3.05) is 5.73 Å². The minimum Gasteiger partial charge on any atom is -0.478 e. The van der Waals surface area contributed by atoms with E-state index in [1.807, 2.05) is 0 Å². The normalized spacial score (nSPS) is 11.2. The molecule has 4 nitrogen and oxygen atoms in total. The van der Waals surface area contributed by atoms with E-state index in [9.17, 15) is 18.0 Å². The summed E-state index contributed by atoms with van der Waals surface area (Å²) in [6, 6.07) is 8.05. The minimum absolute atomic E-state index is 0.00640.